The Balaban J connectivity index is 1.55. The lowest BCUT2D eigenvalue weighted by atomic mass is 10.2. The molecule has 0 amide bonds. The Morgan fingerprint density at radius 3 is 2.12 bits per heavy atom. The number of nitrogens with zero attached hydrogens (tertiary/aromatic N) is 2. The number of benzene rings is 3. The van der Waals surface area contributed by atoms with Crippen LogP contribution in [0.5, 0.6) is 5.75 Å². The smallest absolute Gasteiger partial charge is 0.229 e. The highest BCUT2D eigenvalue weighted by atomic mass is 32.2. The molecule has 1 heterocycles. The first kappa shape index (κ1) is 29.5. The molecule has 0 saturated carbocycles. The van der Waals surface area contributed by atoms with Gasteiger partial charge in [0, 0.05) is 30.4 Å². The number of sulfone groups is 1. The van der Waals surface area contributed by atoms with E-state index in [1.54, 1.807) is 31.4 Å². The summed E-state index contributed by atoms with van der Waals surface area (Å²) in [6, 6.07) is 12.2. The van der Waals surface area contributed by atoms with Crippen LogP contribution >= 0.6 is 0 Å². The lowest BCUT2D eigenvalue weighted by molar-refractivity contribution is 0.146. The molecule has 216 valence electrons. The van der Waals surface area contributed by atoms with Gasteiger partial charge in [-0.3, -0.25) is 0 Å². The predicted octanol–water partition coefficient (Wildman–Crippen LogP) is 5.83. The van der Waals surface area contributed by atoms with E-state index in [-0.39, 0.29) is 23.1 Å². The molecule has 0 aliphatic heterocycles. The van der Waals surface area contributed by atoms with Crippen molar-refractivity contribution in [1.82, 2.24) is 9.97 Å². The standard InChI is InChI=1S/C26H22F5N5O4S/c1-39-10-11-40-17-8-6-14(7-9-17)35-26-32-13-18(27)25(36-26)34-16-5-3-4-15(12-16)33-23-21(30)19(28)20(29)22(31)24(23)41(2,37)38/h3-9,12-13,33H,10-11H2,1-2H3,(H2,32,34,35,36). The SMILES string of the molecule is COCCOc1ccc(Nc2ncc(F)c(Nc3cccc(Nc4c(F)c(F)c(F)c(F)c4S(C)(=O)=O)c3)n2)cc1. The van der Waals surface area contributed by atoms with Gasteiger partial charge in [0.05, 0.1) is 18.5 Å². The molecular weight excluding hydrogens is 573 g/mol. The van der Waals surface area contributed by atoms with Crippen molar-refractivity contribution < 1.29 is 39.8 Å². The number of halogens is 5. The zero-order valence-electron chi connectivity index (χ0n) is 21.4. The van der Waals surface area contributed by atoms with Gasteiger partial charge >= 0.3 is 0 Å². The first-order valence-electron chi connectivity index (χ1n) is 11.7. The van der Waals surface area contributed by atoms with Crippen LogP contribution in [0.3, 0.4) is 0 Å². The molecule has 0 bridgehead atoms. The highest BCUT2D eigenvalue weighted by Gasteiger charge is 2.31. The number of aromatic nitrogens is 2. The second-order valence-corrected chi connectivity index (χ2v) is 10.4. The summed E-state index contributed by atoms with van der Waals surface area (Å²) >= 11 is 0. The number of methoxy groups -OCH3 is 1. The van der Waals surface area contributed by atoms with E-state index >= 15 is 0 Å². The molecule has 0 spiro atoms. The Morgan fingerprint density at radius 1 is 0.805 bits per heavy atom. The van der Waals surface area contributed by atoms with Crippen LogP contribution in [0.15, 0.2) is 59.6 Å². The van der Waals surface area contributed by atoms with Crippen LogP contribution in [0.25, 0.3) is 0 Å². The van der Waals surface area contributed by atoms with Crippen LogP contribution in [-0.4, -0.2) is 45.0 Å². The minimum atomic E-state index is -4.53. The van der Waals surface area contributed by atoms with E-state index < -0.39 is 49.5 Å². The van der Waals surface area contributed by atoms with Crippen LogP contribution < -0.4 is 20.7 Å². The van der Waals surface area contributed by atoms with Crippen molar-refractivity contribution in [3.8, 4) is 5.75 Å². The maximum absolute atomic E-state index is 14.5. The van der Waals surface area contributed by atoms with Crippen molar-refractivity contribution in [3.05, 3.63) is 83.8 Å². The summed E-state index contributed by atoms with van der Waals surface area (Å²) in [5.41, 5.74) is -0.448. The van der Waals surface area contributed by atoms with Gasteiger partial charge in [0.2, 0.25) is 5.95 Å². The summed E-state index contributed by atoms with van der Waals surface area (Å²) in [6.45, 7) is 0.807. The molecule has 15 heteroatoms. The van der Waals surface area contributed by atoms with Gasteiger partial charge in [-0.25, -0.2) is 35.4 Å². The fourth-order valence-electron chi connectivity index (χ4n) is 3.55. The highest BCUT2D eigenvalue weighted by molar-refractivity contribution is 7.90. The monoisotopic (exact) mass is 595 g/mol. The summed E-state index contributed by atoms with van der Waals surface area (Å²) in [4.78, 5) is 6.61. The summed E-state index contributed by atoms with van der Waals surface area (Å²) in [5, 5.41) is 7.88. The van der Waals surface area contributed by atoms with Crippen LogP contribution in [0.4, 0.5) is 56.5 Å². The highest BCUT2D eigenvalue weighted by Crippen LogP contribution is 2.35. The van der Waals surface area contributed by atoms with Crippen LogP contribution in [-0.2, 0) is 14.6 Å². The second kappa shape index (κ2) is 12.3. The van der Waals surface area contributed by atoms with Crippen molar-refractivity contribution in [3.63, 3.8) is 0 Å². The summed E-state index contributed by atoms with van der Waals surface area (Å²) in [5.74, 6) is -8.91. The van der Waals surface area contributed by atoms with E-state index in [0.29, 0.717) is 30.9 Å². The molecule has 0 aliphatic carbocycles. The lowest BCUT2D eigenvalue weighted by Gasteiger charge is -2.15. The zero-order valence-corrected chi connectivity index (χ0v) is 22.3. The molecule has 0 atom stereocenters. The maximum atomic E-state index is 14.5. The summed E-state index contributed by atoms with van der Waals surface area (Å²) in [7, 11) is -2.97. The van der Waals surface area contributed by atoms with Gasteiger partial charge in [-0.1, -0.05) is 6.07 Å². The number of ether oxygens (including phenoxy) is 2. The average molecular weight is 596 g/mol. The van der Waals surface area contributed by atoms with Crippen LogP contribution in [0, 0.1) is 29.1 Å². The fourth-order valence-corrected chi connectivity index (χ4v) is 4.48. The van der Waals surface area contributed by atoms with Crippen molar-refractivity contribution in [2.75, 3.05) is 42.5 Å². The molecule has 1 aromatic heterocycles. The lowest BCUT2D eigenvalue weighted by Crippen LogP contribution is -2.12. The van der Waals surface area contributed by atoms with Crippen molar-refractivity contribution in [2.24, 2.45) is 0 Å². The second-order valence-electron chi connectivity index (χ2n) is 8.44. The number of hydrogen-bond donors (Lipinski definition) is 3. The molecule has 0 unspecified atom stereocenters. The Bertz CT molecular complexity index is 1670. The normalized spacial score (nSPS) is 11.3. The molecule has 0 fully saturated rings. The van der Waals surface area contributed by atoms with Gasteiger partial charge in [0.15, 0.2) is 44.7 Å². The van der Waals surface area contributed by atoms with Crippen molar-refractivity contribution in [1.29, 1.82) is 0 Å². The third-order valence-electron chi connectivity index (χ3n) is 5.40. The number of rotatable bonds is 11. The average Bonchev–Trinajstić information content (AvgIpc) is 2.93. The van der Waals surface area contributed by atoms with Gasteiger partial charge < -0.3 is 25.4 Å². The summed E-state index contributed by atoms with van der Waals surface area (Å²) < 4.78 is 105. The maximum Gasteiger partial charge on any atom is 0.229 e. The number of nitrogens with one attached hydrogen (secondary N) is 3. The van der Waals surface area contributed by atoms with Gasteiger partial charge in [-0.15, -0.1) is 0 Å². The van der Waals surface area contributed by atoms with Crippen molar-refractivity contribution >= 4 is 44.4 Å². The topological polar surface area (TPSA) is 114 Å². The van der Waals surface area contributed by atoms with E-state index in [2.05, 4.69) is 25.9 Å². The first-order chi connectivity index (χ1) is 19.5. The summed E-state index contributed by atoms with van der Waals surface area (Å²) in [6.07, 6.45) is 1.43. The van der Waals surface area contributed by atoms with E-state index in [0.717, 1.165) is 6.20 Å². The molecule has 4 rings (SSSR count). The number of hydrogen-bond acceptors (Lipinski definition) is 9. The first-order valence-corrected chi connectivity index (χ1v) is 13.6. The minimum absolute atomic E-state index is 0.0355. The van der Waals surface area contributed by atoms with Gasteiger partial charge in [0.25, 0.3) is 0 Å². The molecular formula is C26H22F5N5O4S. The zero-order chi connectivity index (χ0) is 29.7. The third-order valence-corrected chi connectivity index (χ3v) is 6.53. The molecule has 3 N–H and O–H groups in total. The molecule has 41 heavy (non-hydrogen) atoms. The van der Waals surface area contributed by atoms with Gasteiger partial charge in [-0.05, 0) is 42.5 Å². The van der Waals surface area contributed by atoms with E-state index in [1.807, 2.05) is 0 Å². The fraction of sp³-hybridized carbons (Fsp3) is 0.154. The van der Waals surface area contributed by atoms with E-state index in [9.17, 15) is 30.4 Å². The quantitative estimate of drug-likeness (QED) is 0.0648. The predicted molar refractivity (Wildman–Crippen MR) is 141 cm³/mol. The van der Waals surface area contributed by atoms with Crippen molar-refractivity contribution in [2.45, 2.75) is 4.90 Å². The third kappa shape index (κ3) is 6.99. The Morgan fingerprint density at radius 2 is 1.46 bits per heavy atom. The molecule has 4 aromatic rings. The van der Waals surface area contributed by atoms with Crippen LogP contribution in [0.2, 0.25) is 0 Å². The largest absolute Gasteiger partial charge is 0.491 e. The molecule has 9 nitrogen and oxygen atoms in total. The molecule has 0 aliphatic rings. The molecule has 0 saturated heterocycles. The molecule has 3 aromatic carbocycles. The van der Waals surface area contributed by atoms with Gasteiger partial charge in [-0.2, -0.15) is 4.98 Å². The Kier molecular flexibility index (Phi) is 8.88. The van der Waals surface area contributed by atoms with E-state index in [1.165, 1.54) is 24.3 Å². The number of anilines is 6. The minimum Gasteiger partial charge on any atom is -0.491 e. The van der Waals surface area contributed by atoms with Crippen LogP contribution in [0.1, 0.15) is 0 Å². The Labute approximate surface area is 231 Å². The van der Waals surface area contributed by atoms with E-state index in [4.69, 9.17) is 9.47 Å². The Hall–Kier alpha value is -4.50. The van der Waals surface area contributed by atoms with Gasteiger partial charge in [0.1, 0.15) is 17.3 Å². The molecule has 0 radical (unpaired) electrons.